The molecular weight excluding hydrogens is 591 g/mol. The van der Waals surface area contributed by atoms with Gasteiger partial charge in [-0.15, -0.1) is 0 Å². The van der Waals surface area contributed by atoms with Crippen LogP contribution in [0.1, 0.15) is 61.6 Å². The van der Waals surface area contributed by atoms with E-state index in [4.69, 9.17) is 0 Å². The molecule has 0 aliphatic heterocycles. The molecule has 0 bridgehead atoms. The van der Waals surface area contributed by atoms with Gasteiger partial charge in [-0.3, -0.25) is 14.6 Å². The highest BCUT2D eigenvalue weighted by atomic mass is 32.2. The molecule has 1 unspecified atom stereocenters. The van der Waals surface area contributed by atoms with E-state index in [1.807, 2.05) is 24.3 Å². The quantitative estimate of drug-likeness (QED) is 0.156. The molecule has 1 amide bonds. The Hall–Kier alpha value is -4.00. The summed E-state index contributed by atoms with van der Waals surface area (Å²) in [6, 6.07) is 12.6. The third kappa shape index (κ3) is 6.08. The zero-order valence-electron chi connectivity index (χ0n) is 23.1. The van der Waals surface area contributed by atoms with Crippen molar-refractivity contribution in [3.63, 3.8) is 0 Å². The Kier molecular flexibility index (Phi) is 8.72. The smallest absolute Gasteiger partial charge is 0.247 e. The zero-order valence-corrected chi connectivity index (χ0v) is 24.0. The number of aromatic amines is 1. The van der Waals surface area contributed by atoms with E-state index in [-0.39, 0.29) is 6.54 Å². The number of carbonyl (C=O) groups excluding carboxylic acids is 1. The van der Waals surface area contributed by atoms with Gasteiger partial charge in [0.2, 0.25) is 15.9 Å². The number of alkyl halides is 1. The lowest BCUT2D eigenvalue weighted by atomic mass is 9.84. The lowest BCUT2D eigenvalue weighted by Crippen LogP contribution is -2.43. The number of aromatic nitrogens is 2. The lowest BCUT2D eigenvalue weighted by molar-refractivity contribution is -0.118. The van der Waals surface area contributed by atoms with Crippen LogP contribution in [0.3, 0.4) is 0 Å². The molecule has 1 atom stereocenters. The number of benzene rings is 3. The maximum Gasteiger partial charge on any atom is 0.247 e. The summed E-state index contributed by atoms with van der Waals surface area (Å²) in [6.45, 7) is -0.923. The van der Waals surface area contributed by atoms with E-state index >= 15 is 0 Å². The third-order valence-electron chi connectivity index (χ3n) is 7.94. The molecule has 0 radical (unpaired) electrons. The maximum absolute atomic E-state index is 14.5. The van der Waals surface area contributed by atoms with Crippen LogP contribution in [0.15, 0.2) is 48.7 Å². The van der Waals surface area contributed by atoms with Gasteiger partial charge < -0.3 is 4.90 Å². The van der Waals surface area contributed by atoms with E-state index in [1.54, 1.807) is 18.2 Å². The van der Waals surface area contributed by atoms with Crippen LogP contribution in [-0.2, 0) is 28.0 Å². The molecule has 228 valence electrons. The molecule has 3 aromatic carbocycles. The van der Waals surface area contributed by atoms with Crippen molar-refractivity contribution in [2.24, 2.45) is 0 Å². The molecule has 1 fully saturated rings. The van der Waals surface area contributed by atoms with Crippen LogP contribution >= 0.6 is 0 Å². The van der Waals surface area contributed by atoms with Crippen LogP contribution in [-0.4, -0.2) is 29.8 Å². The summed E-state index contributed by atoms with van der Waals surface area (Å²) in [4.78, 5) is 15.0. The van der Waals surface area contributed by atoms with E-state index in [1.165, 1.54) is 40.6 Å². The first-order chi connectivity index (χ1) is 20.5. The summed E-state index contributed by atoms with van der Waals surface area (Å²) in [5, 5.41) is 5.41. The number of nitrogens with one attached hydrogen (secondary N) is 2. The number of fused-ring (bicyclic) bond motifs is 1. The number of amides is 1. The van der Waals surface area contributed by atoms with E-state index in [0.717, 1.165) is 19.8 Å². The SMILES string of the molecule is CC(C(=O)N(Cc1ccc(C2CCCCC2)cc1)c1ccc2[nH]ncc2c1)S(=O)(=O)Nc1c(F)c(F)c(CF)c(F)c1F. The van der Waals surface area contributed by atoms with Crippen molar-refractivity contribution in [3.8, 4) is 0 Å². The Bertz CT molecular complexity index is 1730. The minimum atomic E-state index is -4.98. The van der Waals surface area contributed by atoms with Gasteiger partial charge in [-0.1, -0.05) is 43.5 Å². The van der Waals surface area contributed by atoms with Gasteiger partial charge in [-0.2, -0.15) is 5.10 Å². The number of hydrogen-bond donors (Lipinski definition) is 2. The molecule has 7 nitrogen and oxygen atoms in total. The van der Waals surface area contributed by atoms with Crippen molar-refractivity contribution in [2.45, 2.75) is 63.4 Å². The van der Waals surface area contributed by atoms with Gasteiger partial charge in [-0.25, -0.2) is 30.4 Å². The Labute approximate surface area is 245 Å². The molecule has 1 aliphatic rings. The van der Waals surface area contributed by atoms with Crippen LogP contribution in [0.25, 0.3) is 10.9 Å². The van der Waals surface area contributed by atoms with Crippen LogP contribution in [0.2, 0.25) is 0 Å². The molecule has 5 rings (SSSR count). The molecule has 1 saturated carbocycles. The molecule has 4 aromatic rings. The minimum Gasteiger partial charge on any atom is -0.307 e. The van der Waals surface area contributed by atoms with Crippen LogP contribution < -0.4 is 9.62 Å². The number of anilines is 2. The minimum absolute atomic E-state index is 0.0514. The summed E-state index contributed by atoms with van der Waals surface area (Å²) >= 11 is 0. The number of rotatable bonds is 9. The second-order valence-corrected chi connectivity index (χ2v) is 12.7. The number of halogens is 5. The number of hydrogen-bond acceptors (Lipinski definition) is 4. The number of sulfonamides is 1. The fraction of sp³-hybridized carbons (Fsp3) is 0.333. The van der Waals surface area contributed by atoms with Gasteiger partial charge in [0.15, 0.2) is 28.5 Å². The Morgan fingerprint density at radius 2 is 1.65 bits per heavy atom. The molecule has 0 spiro atoms. The van der Waals surface area contributed by atoms with Gasteiger partial charge in [0.1, 0.15) is 12.4 Å². The predicted molar refractivity (Wildman–Crippen MR) is 153 cm³/mol. The second kappa shape index (κ2) is 12.3. The summed E-state index contributed by atoms with van der Waals surface area (Å²) < 4.78 is 98.0. The lowest BCUT2D eigenvalue weighted by Gasteiger charge is -2.27. The largest absolute Gasteiger partial charge is 0.307 e. The van der Waals surface area contributed by atoms with Gasteiger partial charge in [0.25, 0.3) is 0 Å². The van der Waals surface area contributed by atoms with E-state index in [0.29, 0.717) is 28.1 Å². The number of carbonyl (C=O) groups is 1. The molecule has 1 aromatic heterocycles. The van der Waals surface area contributed by atoms with Crippen molar-refractivity contribution < 1.29 is 35.2 Å². The highest BCUT2D eigenvalue weighted by Gasteiger charge is 2.36. The second-order valence-electron chi connectivity index (χ2n) is 10.7. The summed E-state index contributed by atoms with van der Waals surface area (Å²) in [7, 11) is -4.98. The topological polar surface area (TPSA) is 95.2 Å². The van der Waals surface area contributed by atoms with Gasteiger partial charge in [0.05, 0.1) is 23.8 Å². The monoisotopic (exact) mass is 620 g/mol. The first kappa shape index (κ1) is 30.5. The van der Waals surface area contributed by atoms with Gasteiger partial charge in [-0.05, 0) is 55.0 Å². The normalized spacial score (nSPS) is 15.0. The molecule has 13 heteroatoms. The van der Waals surface area contributed by atoms with E-state index < -0.39 is 62.4 Å². The number of nitrogens with zero attached hydrogens (tertiary/aromatic N) is 2. The molecule has 0 saturated heterocycles. The molecular formula is C30H29F5N4O3S. The van der Waals surface area contributed by atoms with Crippen molar-refractivity contribution in [1.82, 2.24) is 10.2 Å². The fourth-order valence-electron chi connectivity index (χ4n) is 5.38. The van der Waals surface area contributed by atoms with Gasteiger partial charge in [0, 0.05) is 11.1 Å². The number of H-pyrrole nitrogens is 1. The van der Waals surface area contributed by atoms with Crippen molar-refractivity contribution in [1.29, 1.82) is 0 Å². The molecule has 1 aliphatic carbocycles. The Morgan fingerprint density at radius 1 is 1.00 bits per heavy atom. The molecule has 43 heavy (non-hydrogen) atoms. The Morgan fingerprint density at radius 3 is 2.28 bits per heavy atom. The first-order valence-electron chi connectivity index (χ1n) is 13.8. The van der Waals surface area contributed by atoms with Gasteiger partial charge >= 0.3 is 0 Å². The average molecular weight is 621 g/mol. The van der Waals surface area contributed by atoms with E-state index in [9.17, 15) is 35.2 Å². The summed E-state index contributed by atoms with van der Waals surface area (Å²) in [5.41, 5.74) is -0.334. The standard InChI is InChI=1S/C30H29F5N4O3S/c1-17(43(41,42)38-29-27(34)25(32)23(14-31)26(33)28(29)35)30(40)39(22-11-12-24-21(13-22)15-36-37-24)16-18-7-9-20(10-8-18)19-5-3-2-4-6-19/h7-13,15,17,19,38H,2-6,14,16H2,1H3,(H,36,37). The first-order valence-corrected chi connectivity index (χ1v) is 15.3. The highest BCUT2D eigenvalue weighted by molar-refractivity contribution is 7.94. The van der Waals surface area contributed by atoms with Crippen LogP contribution in [0.4, 0.5) is 33.3 Å². The molecule has 1 heterocycles. The average Bonchev–Trinajstić information content (AvgIpc) is 3.49. The maximum atomic E-state index is 14.5. The third-order valence-corrected chi connectivity index (χ3v) is 9.57. The summed E-state index contributed by atoms with van der Waals surface area (Å²) in [6.07, 6.45) is 7.27. The van der Waals surface area contributed by atoms with Crippen molar-refractivity contribution in [2.75, 3.05) is 9.62 Å². The van der Waals surface area contributed by atoms with Crippen LogP contribution in [0.5, 0.6) is 0 Å². The zero-order chi connectivity index (χ0) is 30.9. The van der Waals surface area contributed by atoms with E-state index in [2.05, 4.69) is 10.2 Å². The van der Waals surface area contributed by atoms with Crippen LogP contribution in [0, 0.1) is 23.3 Å². The highest BCUT2D eigenvalue weighted by Crippen LogP contribution is 2.34. The van der Waals surface area contributed by atoms with Crippen molar-refractivity contribution in [3.05, 3.63) is 88.6 Å². The fourth-order valence-corrected chi connectivity index (χ4v) is 6.41. The molecule has 2 N–H and O–H groups in total. The predicted octanol–water partition coefficient (Wildman–Crippen LogP) is 7.00. The Balaban J connectivity index is 1.46. The summed E-state index contributed by atoms with van der Waals surface area (Å²) in [5.74, 6) is -8.94. The van der Waals surface area contributed by atoms with Crippen molar-refractivity contribution >= 4 is 38.2 Å².